The van der Waals surface area contributed by atoms with Crippen LogP contribution in [0.4, 0.5) is 5.69 Å². The number of hydrogen-bond acceptors (Lipinski definition) is 3. The Balaban J connectivity index is 1.82. The Kier molecular flexibility index (Phi) is 6.98. The lowest BCUT2D eigenvalue weighted by Crippen LogP contribution is -2.28. The lowest BCUT2D eigenvalue weighted by Gasteiger charge is -2.09. The van der Waals surface area contributed by atoms with Crippen molar-refractivity contribution < 1.29 is 9.59 Å². The molecule has 0 aliphatic carbocycles. The number of amides is 2. The maximum absolute atomic E-state index is 12.0. The lowest BCUT2D eigenvalue weighted by atomic mass is 10.2. The Bertz CT molecular complexity index is 671. The topological polar surface area (TPSA) is 70.2 Å². The molecule has 0 aliphatic heterocycles. The highest BCUT2D eigenvalue weighted by Gasteiger charge is 2.07. The van der Waals surface area contributed by atoms with Crippen molar-refractivity contribution in [2.75, 3.05) is 18.4 Å². The predicted molar refractivity (Wildman–Crippen MR) is 95.8 cm³/mol. The summed E-state index contributed by atoms with van der Waals surface area (Å²) in [4.78, 5) is 23.9. The van der Waals surface area contributed by atoms with Gasteiger partial charge in [-0.25, -0.2) is 0 Å². The molecule has 2 rings (SSSR count). The molecule has 0 aromatic heterocycles. The molecule has 0 atom stereocenters. The van der Waals surface area contributed by atoms with E-state index in [0.29, 0.717) is 24.3 Å². The number of benzene rings is 2. The van der Waals surface area contributed by atoms with Gasteiger partial charge in [0.05, 0.1) is 6.54 Å². The Labute approximate surface area is 142 Å². The fourth-order valence-corrected chi connectivity index (χ4v) is 2.20. The Hall–Kier alpha value is -2.66. The van der Waals surface area contributed by atoms with Crippen LogP contribution in [0.5, 0.6) is 0 Å². The van der Waals surface area contributed by atoms with Crippen LogP contribution in [-0.4, -0.2) is 24.9 Å². The summed E-state index contributed by atoms with van der Waals surface area (Å²) >= 11 is 0. The highest BCUT2D eigenvalue weighted by molar-refractivity contribution is 5.97. The van der Waals surface area contributed by atoms with Crippen LogP contribution in [0.1, 0.15) is 29.3 Å². The molecule has 0 aliphatic rings. The minimum Gasteiger partial charge on any atom is -0.352 e. The van der Waals surface area contributed by atoms with Gasteiger partial charge in [-0.3, -0.25) is 9.59 Å². The summed E-state index contributed by atoms with van der Waals surface area (Å²) in [6.07, 6.45) is 0.884. The molecule has 5 heteroatoms. The molecular formula is C19H23N3O2. The maximum Gasteiger partial charge on any atom is 0.251 e. The van der Waals surface area contributed by atoms with E-state index >= 15 is 0 Å². The molecule has 0 fully saturated rings. The summed E-state index contributed by atoms with van der Waals surface area (Å²) in [7, 11) is 0. The smallest absolute Gasteiger partial charge is 0.251 e. The predicted octanol–water partition coefficient (Wildman–Crippen LogP) is 2.55. The number of hydrogen-bond donors (Lipinski definition) is 3. The number of carbonyl (C=O) groups is 2. The van der Waals surface area contributed by atoms with Gasteiger partial charge in [-0.2, -0.15) is 0 Å². The highest BCUT2D eigenvalue weighted by Crippen LogP contribution is 2.10. The maximum atomic E-state index is 12.0. The van der Waals surface area contributed by atoms with Crippen LogP contribution in [0, 0.1) is 0 Å². The second-order valence-electron chi connectivity index (χ2n) is 5.47. The van der Waals surface area contributed by atoms with Crippen molar-refractivity contribution in [1.82, 2.24) is 10.6 Å². The van der Waals surface area contributed by atoms with Gasteiger partial charge < -0.3 is 16.0 Å². The molecule has 24 heavy (non-hydrogen) atoms. The van der Waals surface area contributed by atoms with Crippen molar-refractivity contribution in [3.63, 3.8) is 0 Å². The first kappa shape index (κ1) is 17.7. The molecule has 5 nitrogen and oxygen atoms in total. The summed E-state index contributed by atoms with van der Waals surface area (Å²) in [6.45, 7) is 3.48. The highest BCUT2D eigenvalue weighted by atomic mass is 16.2. The van der Waals surface area contributed by atoms with Crippen molar-refractivity contribution in [2.24, 2.45) is 0 Å². The molecule has 0 heterocycles. The molecule has 0 radical (unpaired) electrons. The molecule has 0 bridgehead atoms. The lowest BCUT2D eigenvalue weighted by molar-refractivity contribution is -0.115. The molecule has 0 spiro atoms. The minimum absolute atomic E-state index is 0.129. The van der Waals surface area contributed by atoms with E-state index in [4.69, 9.17) is 0 Å². The summed E-state index contributed by atoms with van der Waals surface area (Å²) in [5.41, 5.74) is 2.28. The van der Waals surface area contributed by atoms with Crippen LogP contribution >= 0.6 is 0 Å². The molecule has 2 aromatic rings. The minimum atomic E-state index is -0.142. The van der Waals surface area contributed by atoms with E-state index in [1.165, 1.54) is 0 Å². The third-order valence-electron chi connectivity index (χ3n) is 3.40. The van der Waals surface area contributed by atoms with E-state index in [9.17, 15) is 9.59 Å². The van der Waals surface area contributed by atoms with Crippen LogP contribution in [0.3, 0.4) is 0 Å². The van der Waals surface area contributed by atoms with Crippen molar-refractivity contribution in [1.29, 1.82) is 0 Å². The second-order valence-corrected chi connectivity index (χ2v) is 5.47. The fraction of sp³-hybridized carbons (Fsp3) is 0.263. The zero-order chi connectivity index (χ0) is 17.2. The number of anilines is 1. The fourth-order valence-electron chi connectivity index (χ4n) is 2.20. The van der Waals surface area contributed by atoms with E-state index in [1.807, 2.05) is 37.3 Å². The van der Waals surface area contributed by atoms with E-state index < -0.39 is 0 Å². The first-order valence-corrected chi connectivity index (χ1v) is 8.12. The van der Waals surface area contributed by atoms with Gasteiger partial charge in [-0.1, -0.05) is 43.3 Å². The monoisotopic (exact) mass is 325 g/mol. The van der Waals surface area contributed by atoms with Crippen molar-refractivity contribution in [3.8, 4) is 0 Å². The third-order valence-corrected chi connectivity index (χ3v) is 3.40. The zero-order valence-electron chi connectivity index (χ0n) is 13.8. The van der Waals surface area contributed by atoms with Crippen LogP contribution in [0.15, 0.2) is 54.6 Å². The normalized spacial score (nSPS) is 10.2. The van der Waals surface area contributed by atoms with Gasteiger partial charge in [-0.05, 0) is 30.2 Å². The average Bonchev–Trinajstić information content (AvgIpc) is 2.61. The number of rotatable bonds is 8. The van der Waals surface area contributed by atoms with Crippen LogP contribution in [0.25, 0.3) is 0 Å². The van der Waals surface area contributed by atoms with Gasteiger partial charge in [0.2, 0.25) is 5.91 Å². The quantitative estimate of drug-likeness (QED) is 0.698. The molecule has 2 aromatic carbocycles. The van der Waals surface area contributed by atoms with Crippen molar-refractivity contribution in [3.05, 3.63) is 65.7 Å². The van der Waals surface area contributed by atoms with Crippen LogP contribution in [-0.2, 0) is 11.3 Å². The van der Waals surface area contributed by atoms with E-state index in [2.05, 4.69) is 16.0 Å². The number of carbonyl (C=O) groups excluding carboxylic acids is 2. The van der Waals surface area contributed by atoms with Crippen molar-refractivity contribution in [2.45, 2.75) is 19.9 Å². The standard InChI is InChI=1S/C19H23N3O2/c1-2-11-21-19(24)16-9-6-10-17(12-16)22-18(23)14-20-13-15-7-4-3-5-8-15/h3-10,12,20H,2,11,13-14H2,1H3,(H,21,24)(H,22,23). The van der Waals surface area contributed by atoms with Crippen molar-refractivity contribution >= 4 is 17.5 Å². The zero-order valence-corrected chi connectivity index (χ0v) is 13.8. The van der Waals surface area contributed by atoms with Gasteiger partial charge in [-0.15, -0.1) is 0 Å². The van der Waals surface area contributed by atoms with Gasteiger partial charge in [0.25, 0.3) is 5.91 Å². The van der Waals surface area contributed by atoms with Crippen LogP contribution < -0.4 is 16.0 Å². The summed E-state index contributed by atoms with van der Waals surface area (Å²) in [5, 5.41) is 8.71. The Morgan fingerprint density at radius 1 is 1.00 bits per heavy atom. The van der Waals surface area contributed by atoms with Crippen LogP contribution in [0.2, 0.25) is 0 Å². The Morgan fingerprint density at radius 3 is 2.54 bits per heavy atom. The van der Waals surface area contributed by atoms with Gasteiger partial charge in [0, 0.05) is 24.3 Å². The molecule has 0 saturated heterocycles. The summed E-state index contributed by atoms with van der Waals surface area (Å²) < 4.78 is 0. The molecule has 126 valence electrons. The molecule has 0 saturated carbocycles. The largest absolute Gasteiger partial charge is 0.352 e. The van der Waals surface area contributed by atoms with Gasteiger partial charge in [0.15, 0.2) is 0 Å². The molecule has 0 unspecified atom stereocenters. The van der Waals surface area contributed by atoms with E-state index in [1.54, 1.807) is 24.3 Å². The van der Waals surface area contributed by atoms with E-state index in [-0.39, 0.29) is 18.4 Å². The molecular weight excluding hydrogens is 302 g/mol. The summed E-state index contributed by atoms with van der Waals surface area (Å²) in [5.74, 6) is -0.271. The molecule has 2 amide bonds. The number of nitrogens with one attached hydrogen (secondary N) is 3. The van der Waals surface area contributed by atoms with E-state index in [0.717, 1.165) is 12.0 Å². The van der Waals surface area contributed by atoms with Gasteiger partial charge >= 0.3 is 0 Å². The first-order valence-electron chi connectivity index (χ1n) is 8.12. The SMILES string of the molecule is CCCNC(=O)c1cccc(NC(=O)CNCc2ccccc2)c1. The third kappa shape index (κ3) is 5.85. The Morgan fingerprint density at radius 2 is 1.79 bits per heavy atom. The second kappa shape index (κ2) is 9.47. The van der Waals surface area contributed by atoms with Gasteiger partial charge in [0.1, 0.15) is 0 Å². The summed E-state index contributed by atoms with van der Waals surface area (Å²) in [6, 6.07) is 16.8. The molecule has 3 N–H and O–H groups in total. The average molecular weight is 325 g/mol. The first-order chi connectivity index (χ1) is 11.7.